The largest absolute Gasteiger partial charge is 0.463 e. The van der Waals surface area contributed by atoms with E-state index >= 15 is 0 Å². The van der Waals surface area contributed by atoms with Crippen molar-refractivity contribution >= 4 is 48.2 Å². The van der Waals surface area contributed by atoms with E-state index in [9.17, 15) is 38.4 Å². The number of aldehydes is 2. The van der Waals surface area contributed by atoms with E-state index in [4.69, 9.17) is 34.2 Å². The van der Waals surface area contributed by atoms with Crippen LogP contribution in [0.4, 0.5) is 0 Å². The first-order valence-corrected chi connectivity index (χ1v) is 14.6. The Hall–Kier alpha value is -4.00. The van der Waals surface area contributed by atoms with E-state index < -0.39 is 72.4 Å². The fourth-order valence-corrected chi connectivity index (χ4v) is 4.22. The molecular formula is C28H44N4O14. The number of rotatable bonds is 21. The molecule has 1 rings (SSSR count). The molecule has 1 saturated heterocycles. The van der Waals surface area contributed by atoms with Gasteiger partial charge in [0.25, 0.3) is 0 Å². The highest BCUT2D eigenvalue weighted by atomic mass is 16.7. The van der Waals surface area contributed by atoms with Gasteiger partial charge in [0, 0.05) is 47.1 Å². The molecule has 1 aliphatic heterocycles. The lowest BCUT2D eigenvalue weighted by Crippen LogP contribution is -2.66. The molecule has 0 aromatic carbocycles. The average Bonchev–Trinajstić information content (AvgIpc) is 2.98. The van der Waals surface area contributed by atoms with E-state index in [1.807, 2.05) is 0 Å². The van der Waals surface area contributed by atoms with Crippen LogP contribution in [0.2, 0.25) is 0 Å². The fourth-order valence-electron chi connectivity index (χ4n) is 4.22. The standard InChI is InChI=1S/C28H44N4O14/c1-16(35)31-25-27(45-19(4)38)26(44-18(3)37)22(15-43-17(2)36)46-28(25)42-12-11-41-10-9-30-23(39)8-6-21(14-34)32-24(40)7-5-20(29)13-33/h13-14,20-22,25-28H,5-12,15,29H2,1-4H3,(H,30,39)(H,31,35)(H,32,40). The predicted molar refractivity (Wildman–Crippen MR) is 154 cm³/mol. The van der Waals surface area contributed by atoms with Crippen molar-refractivity contribution in [3.05, 3.63) is 0 Å². The molecule has 1 aliphatic rings. The lowest BCUT2D eigenvalue weighted by atomic mass is 9.96. The number of amides is 3. The average molecular weight is 661 g/mol. The Morgan fingerprint density at radius 1 is 0.826 bits per heavy atom. The Labute approximate surface area is 266 Å². The number of nitrogens with one attached hydrogen (secondary N) is 3. The highest BCUT2D eigenvalue weighted by Crippen LogP contribution is 2.28. The van der Waals surface area contributed by atoms with Crippen LogP contribution >= 0.6 is 0 Å². The Morgan fingerprint density at radius 3 is 2.07 bits per heavy atom. The van der Waals surface area contributed by atoms with Crippen molar-refractivity contribution in [1.29, 1.82) is 0 Å². The van der Waals surface area contributed by atoms with Gasteiger partial charge in [0.05, 0.1) is 31.9 Å². The van der Waals surface area contributed by atoms with Crippen LogP contribution in [0.3, 0.4) is 0 Å². The second-order valence-electron chi connectivity index (χ2n) is 10.2. The Balaban J connectivity index is 2.61. The van der Waals surface area contributed by atoms with Crippen LogP contribution in [0, 0.1) is 0 Å². The molecule has 18 heteroatoms. The highest BCUT2D eigenvalue weighted by Gasteiger charge is 2.51. The Kier molecular flexibility index (Phi) is 18.9. The summed E-state index contributed by atoms with van der Waals surface area (Å²) in [6.07, 6.45) is -3.69. The van der Waals surface area contributed by atoms with E-state index in [1.165, 1.54) is 13.8 Å². The molecule has 0 saturated carbocycles. The Morgan fingerprint density at radius 2 is 1.48 bits per heavy atom. The van der Waals surface area contributed by atoms with Crippen LogP contribution in [0.15, 0.2) is 0 Å². The molecule has 0 radical (unpaired) electrons. The molecule has 260 valence electrons. The third-order valence-electron chi connectivity index (χ3n) is 6.22. The van der Waals surface area contributed by atoms with E-state index in [0.717, 1.165) is 13.8 Å². The van der Waals surface area contributed by atoms with Gasteiger partial charge in [-0.2, -0.15) is 0 Å². The number of carbonyl (C=O) groups excluding carboxylic acids is 8. The van der Waals surface area contributed by atoms with Crippen molar-refractivity contribution < 1.29 is 66.8 Å². The van der Waals surface area contributed by atoms with Crippen LogP contribution in [0.5, 0.6) is 0 Å². The van der Waals surface area contributed by atoms with Gasteiger partial charge in [-0.15, -0.1) is 0 Å². The van der Waals surface area contributed by atoms with E-state index in [0.29, 0.717) is 12.6 Å². The first kappa shape index (κ1) is 40.0. The molecule has 0 aromatic heterocycles. The molecule has 3 amide bonds. The number of hydrogen-bond donors (Lipinski definition) is 4. The minimum absolute atomic E-state index is 0.00967. The summed E-state index contributed by atoms with van der Waals surface area (Å²) in [6, 6.07) is -2.76. The molecule has 5 N–H and O–H groups in total. The van der Waals surface area contributed by atoms with E-state index in [2.05, 4.69) is 16.0 Å². The van der Waals surface area contributed by atoms with Crippen molar-refractivity contribution in [2.24, 2.45) is 5.73 Å². The van der Waals surface area contributed by atoms with Gasteiger partial charge in [-0.3, -0.25) is 28.8 Å². The third-order valence-corrected chi connectivity index (χ3v) is 6.22. The molecule has 0 aromatic rings. The topological polar surface area (TPSA) is 254 Å². The molecule has 1 fully saturated rings. The van der Waals surface area contributed by atoms with Crippen molar-refractivity contribution in [3.63, 3.8) is 0 Å². The third kappa shape index (κ3) is 16.4. The smallest absolute Gasteiger partial charge is 0.303 e. The second-order valence-corrected chi connectivity index (χ2v) is 10.2. The van der Waals surface area contributed by atoms with Gasteiger partial charge in [-0.1, -0.05) is 0 Å². The summed E-state index contributed by atoms with van der Waals surface area (Å²) in [5, 5.41) is 7.66. The lowest BCUT2D eigenvalue weighted by Gasteiger charge is -2.44. The summed E-state index contributed by atoms with van der Waals surface area (Å²) in [4.78, 5) is 92.9. The van der Waals surface area contributed by atoms with Gasteiger partial charge in [-0.05, 0) is 12.8 Å². The summed E-state index contributed by atoms with van der Waals surface area (Å²) in [6.45, 7) is 4.40. The zero-order chi connectivity index (χ0) is 34.6. The molecule has 0 bridgehead atoms. The fraction of sp³-hybridized carbons (Fsp3) is 0.714. The molecule has 0 aliphatic carbocycles. The van der Waals surface area contributed by atoms with Gasteiger partial charge >= 0.3 is 17.9 Å². The number of esters is 3. The summed E-state index contributed by atoms with van der Waals surface area (Å²) in [5.74, 6) is -3.47. The molecule has 18 nitrogen and oxygen atoms in total. The first-order chi connectivity index (χ1) is 21.8. The second kappa shape index (κ2) is 21.7. The van der Waals surface area contributed by atoms with Crippen LogP contribution in [-0.4, -0.2) is 124 Å². The number of hydrogen-bond acceptors (Lipinski definition) is 15. The monoisotopic (exact) mass is 660 g/mol. The zero-order valence-corrected chi connectivity index (χ0v) is 26.4. The van der Waals surface area contributed by atoms with Crippen LogP contribution < -0.4 is 21.7 Å². The Bertz CT molecular complexity index is 1060. The van der Waals surface area contributed by atoms with Gasteiger partial charge in [0.15, 0.2) is 18.5 Å². The van der Waals surface area contributed by atoms with Crippen LogP contribution in [0.1, 0.15) is 53.4 Å². The number of nitrogens with two attached hydrogens (primary N) is 1. The summed E-state index contributed by atoms with van der Waals surface area (Å²) >= 11 is 0. The SMILES string of the molecule is CC(=O)NC1C(OCCOCCNC(=O)CCC(C=O)NC(=O)CCC(N)C=O)OC(COC(C)=O)C(OC(C)=O)C1OC(C)=O. The van der Waals surface area contributed by atoms with Gasteiger partial charge < -0.3 is 59.7 Å². The van der Waals surface area contributed by atoms with Crippen molar-refractivity contribution in [3.8, 4) is 0 Å². The molecule has 7 unspecified atom stereocenters. The highest BCUT2D eigenvalue weighted by molar-refractivity contribution is 5.81. The quantitative estimate of drug-likeness (QED) is 0.0432. The molecule has 0 spiro atoms. The van der Waals surface area contributed by atoms with Crippen molar-refractivity contribution in [1.82, 2.24) is 16.0 Å². The van der Waals surface area contributed by atoms with Gasteiger partial charge in [-0.25, -0.2) is 0 Å². The van der Waals surface area contributed by atoms with E-state index in [1.54, 1.807) is 0 Å². The van der Waals surface area contributed by atoms with Crippen LogP contribution in [-0.2, 0) is 66.8 Å². The number of ether oxygens (including phenoxy) is 6. The maximum atomic E-state index is 12.1. The lowest BCUT2D eigenvalue weighted by molar-refractivity contribution is -0.279. The molecule has 7 atom stereocenters. The molecule has 46 heavy (non-hydrogen) atoms. The summed E-state index contributed by atoms with van der Waals surface area (Å²) in [5.41, 5.74) is 5.43. The van der Waals surface area contributed by atoms with Crippen molar-refractivity contribution in [2.75, 3.05) is 33.0 Å². The van der Waals surface area contributed by atoms with E-state index in [-0.39, 0.29) is 64.6 Å². The van der Waals surface area contributed by atoms with Crippen molar-refractivity contribution in [2.45, 2.75) is 96.1 Å². The summed E-state index contributed by atoms with van der Waals surface area (Å²) in [7, 11) is 0. The first-order valence-electron chi connectivity index (χ1n) is 14.6. The van der Waals surface area contributed by atoms with Crippen LogP contribution in [0.25, 0.3) is 0 Å². The minimum Gasteiger partial charge on any atom is -0.463 e. The zero-order valence-electron chi connectivity index (χ0n) is 26.4. The maximum absolute atomic E-state index is 12.1. The van der Waals surface area contributed by atoms with Gasteiger partial charge in [0.2, 0.25) is 17.7 Å². The number of carbonyl (C=O) groups is 8. The summed E-state index contributed by atoms with van der Waals surface area (Å²) < 4.78 is 32.8. The minimum atomic E-state index is -1.26. The predicted octanol–water partition coefficient (Wildman–Crippen LogP) is -2.44. The maximum Gasteiger partial charge on any atom is 0.303 e. The normalized spacial score (nSPS) is 21.9. The van der Waals surface area contributed by atoms with Gasteiger partial charge in [0.1, 0.15) is 31.3 Å². The molecular weight excluding hydrogens is 616 g/mol. The molecule has 1 heterocycles.